The molecule has 1 aliphatic heterocycles. The number of imide groups is 1. The van der Waals surface area contributed by atoms with E-state index in [1.807, 2.05) is 0 Å². The van der Waals surface area contributed by atoms with Crippen molar-refractivity contribution in [3.05, 3.63) is 23.8 Å². The lowest BCUT2D eigenvalue weighted by Gasteiger charge is -2.40. The fourth-order valence-corrected chi connectivity index (χ4v) is 2.15. The second-order valence-electron chi connectivity index (χ2n) is 5.29. The van der Waals surface area contributed by atoms with Gasteiger partial charge in [-0.05, 0) is 32.0 Å². The van der Waals surface area contributed by atoms with Crippen LogP contribution in [-0.4, -0.2) is 41.8 Å². The van der Waals surface area contributed by atoms with E-state index in [4.69, 9.17) is 10.5 Å². The van der Waals surface area contributed by atoms with Gasteiger partial charge in [-0.1, -0.05) is 0 Å². The minimum atomic E-state index is -1.14. The molecule has 1 heterocycles. The van der Waals surface area contributed by atoms with E-state index < -0.39 is 23.3 Å². The van der Waals surface area contributed by atoms with Crippen LogP contribution in [0.25, 0.3) is 0 Å². The van der Waals surface area contributed by atoms with E-state index in [1.54, 1.807) is 26.0 Å². The van der Waals surface area contributed by atoms with Gasteiger partial charge in [0.1, 0.15) is 17.8 Å². The van der Waals surface area contributed by atoms with E-state index in [0.717, 1.165) is 0 Å². The summed E-state index contributed by atoms with van der Waals surface area (Å²) >= 11 is 0. The smallest absolute Gasteiger partial charge is 0.259 e. The third kappa shape index (κ3) is 2.54. The van der Waals surface area contributed by atoms with E-state index in [-0.39, 0.29) is 12.1 Å². The summed E-state index contributed by atoms with van der Waals surface area (Å²) < 4.78 is 5.15. The lowest BCUT2D eigenvalue weighted by Crippen LogP contribution is -2.65. The van der Waals surface area contributed by atoms with Crippen LogP contribution in [-0.2, 0) is 9.59 Å². The van der Waals surface area contributed by atoms with E-state index in [1.165, 1.54) is 18.1 Å². The van der Waals surface area contributed by atoms with E-state index in [0.29, 0.717) is 11.4 Å². The molecule has 0 unspecified atom stereocenters. The second kappa shape index (κ2) is 5.08. The molecule has 0 saturated carbocycles. The summed E-state index contributed by atoms with van der Waals surface area (Å²) in [5, 5.41) is 2.22. The zero-order valence-electron chi connectivity index (χ0n) is 12.1. The van der Waals surface area contributed by atoms with Gasteiger partial charge in [0.15, 0.2) is 0 Å². The molecule has 1 saturated heterocycles. The Kier molecular flexibility index (Phi) is 3.59. The average Bonchev–Trinajstić information content (AvgIpc) is 2.42. The van der Waals surface area contributed by atoms with Gasteiger partial charge >= 0.3 is 0 Å². The molecular weight excluding hydrogens is 274 g/mol. The van der Waals surface area contributed by atoms with Crippen molar-refractivity contribution >= 4 is 23.4 Å². The van der Waals surface area contributed by atoms with Crippen LogP contribution in [0.5, 0.6) is 5.75 Å². The molecule has 0 radical (unpaired) electrons. The Morgan fingerprint density at radius 2 is 2.05 bits per heavy atom. The Labute approximate surface area is 122 Å². The second-order valence-corrected chi connectivity index (χ2v) is 5.29. The number of nitrogens with zero attached hydrogens (tertiary/aromatic N) is 1. The number of nitrogens with two attached hydrogens (primary N) is 1. The van der Waals surface area contributed by atoms with Gasteiger partial charge in [0, 0.05) is 5.69 Å². The summed E-state index contributed by atoms with van der Waals surface area (Å²) in [7, 11) is 1.43. The van der Waals surface area contributed by atoms with Gasteiger partial charge in [-0.25, -0.2) is 0 Å². The van der Waals surface area contributed by atoms with Crippen molar-refractivity contribution in [1.29, 1.82) is 0 Å². The summed E-state index contributed by atoms with van der Waals surface area (Å²) in [6.45, 7) is 2.95. The standard InChI is InChI=1S/C14H17N3O4/c1-14(2)13(20)16-11(18)7-17(14)12(19)9-6-8(15)4-5-10(9)21-3/h4-6H,7,15H2,1-3H3,(H,16,18,20). The monoisotopic (exact) mass is 291 g/mol. The third-order valence-electron chi connectivity index (χ3n) is 3.48. The molecule has 21 heavy (non-hydrogen) atoms. The maximum absolute atomic E-state index is 12.7. The van der Waals surface area contributed by atoms with E-state index >= 15 is 0 Å². The predicted molar refractivity (Wildman–Crippen MR) is 75.7 cm³/mol. The number of benzene rings is 1. The van der Waals surface area contributed by atoms with Gasteiger partial charge in [0.05, 0.1) is 12.7 Å². The van der Waals surface area contributed by atoms with Crippen LogP contribution in [0.3, 0.4) is 0 Å². The molecule has 1 aliphatic rings. The molecule has 0 atom stereocenters. The SMILES string of the molecule is COc1ccc(N)cc1C(=O)N1CC(=O)NC(=O)C1(C)C. The predicted octanol–water partition coefficient (Wildman–Crippen LogP) is 0.155. The fourth-order valence-electron chi connectivity index (χ4n) is 2.15. The normalized spacial score (nSPS) is 17.4. The Morgan fingerprint density at radius 1 is 1.38 bits per heavy atom. The van der Waals surface area contributed by atoms with Crippen molar-refractivity contribution in [1.82, 2.24) is 10.2 Å². The molecule has 1 aromatic carbocycles. The van der Waals surface area contributed by atoms with Gasteiger partial charge in [-0.15, -0.1) is 0 Å². The first-order chi connectivity index (χ1) is 9.77. The number of carbonyl (C=O) groups is 3. The summed E-state index contributed by atoms with van der Waals surface area (Å²) in [6, 6.07) is 4.64. The first-order valence-electron chi connectivity index (χ1n) is 6.37. The molecule has 7 nitrogen and oxygen atoms in total. The topological polar surface area (TPSA) is 102 Å². The van der Waals surface area contributed by atoms with Crippen molar-refractivity contribution in [2.75, 3.05) is 19.4 Å². The highest BCUT2D eigenvalue weighted by Crippen LogP contribution is 2.27. The van der Waals surface area contributed by atoms with Gasteiger partial charge < -0.3 is 15.4 Å². The summed E-state index contributed by atoms with van der Waals surface area (Å²) in [5.74, 6) is -1.18. The minimum Gasteiger partial charge on any atom is -0.496 e. The van der Waals surface area contributed by atoms with Crippen molar-refractivity contribution in [3.8, 4) is 5.75 Å². The molecule has 0 bridgehead atoms. The number of amides is 3. The highest BCUT2D eigenvalue weighted by molar-refractivity contribution is 6.09. The number of piperazine rings is 1. The number of anilines is 1. The van der Waals surface area contributed by atoms with Crippen LogP contribution < -0.4 is 15.8 Å². The van der Waals surface area contributed by atoms with Gasteiger partial charge in [0.2, 0.25) is 5.91 Å². The largest absolute Gasteiger partial charge is 0.496 e. The maximum Gasteiger partial charge on any atom is 0.259 e. The number of hydrogen-bond acceptors (Lipinski definition) is 5. The lowest BCUT2D eigenvalue weighted by molar-refractivity contribution is -0.143. The molecule has 0 aliphatic carbocycles. The number of nitrogen functional groups attached to an aromatic ring is 1. The maximum atomic E-state index is 12.7. The van der Waals surface area contributed by atoms with Crippen molar-refractivity contribution < 1.29 is 19.1 Å². The zero-order chi connectivity index (χ0) is 15.8. The number of carbonyl (C=O) groups excluding carboxylic acids is 3. The summed E-state index contributed by atoms with van der Waals surface area (Å²) in [4.78, 5) is 37.4. The van der Waals surface area contributed by atoms with Crippen LogP contribution in [0.4, 0.5) is 5.69 Å². The van der Waals surface area contributed by atoms with Crippen LogP contribution >= 0.6 is 0 Å². The van der Waals surface area contributed by atoms with Crippen LogP contribution in [0.15, 0.2) is 18.2 Å². The molecule has 7 heteroatoms. The minimum absolute atomic E-state index is 0.199. The lowest BCUT2D eigenvalue weighted by atomic mass is 9.97. The number of methoxy groups -OCH3 is 1. The molecular formula is C14H17N3O4. The van der Waals surface area contributed by atoms with Gasteiger partial charge in [0.25, 0.3) is 11.8 Å². The zero-order valence-corrected chi connectivity index (χ0v) is 12.1. The van der Waals surface area contributed by atoms with Crippen molar-refractivity contribution in [3.63, 3.8) is 0 Å². The first-order valence-corrected chi connectivity index (χ1v) is 6.37. The fraction of sp³-hybridized carbons (Fsp3) is 0.357. The number of hydrogen-bond donors (Lipinski definition) is 2. The van der Waals surface area contributed by atoms with Crippen molar-refractivity contribution in [2.45, 2.75) is 19.4 Å². The van der Waals surface area contributed by atoms with Crippen LogP contribution in [0.2, 0.25) is 0 Å². The number of rotatable bonds is 2. The van der Waals surface area contributed by atoms with Crippen LogP contribution in [0, 0.1) is 0 Å². The highest BCUT2D eigenvalue weighted by atomic mass is 16.5. The molecule has 1 fully saturated rings. The Morgan fingerprint density at radius 3 is 2.67 bits per heavy atom. The number of nitrogens with one attached hydrogen (secondary N) is 1. The third-order valence-corrected chi connectivity index (χ3v) is 3.48. The molecule has 3 N–H and O–H groups in total. The van der Waals surface area contributed by atoms with Gasteiger partial charge in [-0.2, -0.15) is 0 Å². The molecule has 112 valence electrons. The summed E-state index contributed by atoms with van der Waals surface area (Å²) in [6.07, 6.45) is 0. The van der Waals surface area contributed by atoms with Crippen LogP contribution in [0.1, 0.15) is 24.2 Å². The van der Waals surface area contributed by atoms with Crippen molar-refractivity contribution in [2.24, 2.45) is 0 Å². The number of ether oxygens (including phenoxy) is 1. The Bertz CT molecular complexity index is 625. The Balaban J connectivity index is 2.45. The molecule has 3 amide bonds. The Hall–Kier alpha value is -2.57. The average molecular weight is 291 g/mol. The van der Waals surface area contributed by atoms with Gasteiger partial charge in [-0.3, -0.25) is 19.7 Å². The van der Waals surface area contributed by atoms with E-state index in [9.17, 15) is 14.4 Å². The first kappa shape index (κ1) is 14.8. The van der Waals surface area contributed by atoms with E-state index in [2.05, 4.69) is 5.32 Å². The molecule has 2 rings (SSSR count). The quantitative estimate of drug-likeness (QED) is 0.597. The highest BCUT2D eigenvalue weighted by Gasteiger charge is 2.44. The molecule has 0 aromatic heterocycles. The molecule has 0 spiro atoms. The summed E-state index contributed by atoms with van der Waals surface area (Å²) in [5.41, 5.74) is 5.17. The molecule has 1 aromatic rings.